The predicted octanol–water partition coefficient (Wildman–Crippen LogP) is 1.72. The number of rotatable bonds is 3. The minimum Gasteiger partial charge on any atom is -0.373 e. The molecule has 0 aliphatic carbocycles. The van der Waals surface area contributed by atoms with Crippen LogP contribution in [0.2, 0.25) is 0 Å². The van der Waals surface area contributed by atoms with Crippen LogP contribution in [-0.4, -0.2) is 17.0 Å². The van der Waals surface area contributed by atoms with Crippen molar-refractivity contribution < 1.29 is 0 Å². The lowest BCUT2D eigenvalue weighted by molar-refractivity contribution is 0.634. The summed E-state index contributed by atoms with van der Waals surface area (Å²) in [5, 5.41) is 2.99. The van der Waals surface area contributed by atoms with Crippen molar-refractivity contribution in [1.29, 1.82) is 0 Å². The van der Waals surface area contributed by atoms with Crippen LogP contribution in [0.15, 0.2) is 12.4 Å². The van der Waals surface area contributed by atoms with Gasteiger partial charge in [0.2, 0.25) is 0 Å². The SMILES string of the molecule is CNc1cc(CC(C)C)ncn1. The number of anilines is 1. The highest BCUT2D eigenvalue weighted by Gasteiger charge is 1.99. The van der Waals surface area contributed by atoms with Crippen molar-refractivity contribution in [2.45, 2.75) is 20.3 Å². The first-order valence-corrected chi connectivity index (χ1v) is 4.21. The van der Waals surface area contributed by atoms with Crippen LogP contribution < -0.4 is 5.32 Å². The normalized spacial score (nSPS) is 10.3. The Morgan fingerprint density at radius 1 is 1.42 bits per heavy atom. The quantitative estimate of drug-likeness (QED) is 0.741. The molecule has 0 amide bonds. The molecule has 0 saturated heterocycles. The molecule has 0 aliphatic heterocycles. The van der Waals surface area contributed by atoms with Gasteiger partial charge in [-0.25, -0.2) is 9.97 Å². The molecular formula is C9H15N3. The Hall–Kier alpha value is -1.12. The van der Waals surface area contributed by atoms with E-state index in [0.29, 0.717) is 5.92 Å². The number of nitrogens with one attached hydrogen (secondary N) is 1. The Balaban J connectivity index is 2.72. The van der Waals surface area contributed by atoms with Gasteiger partial charge in [0.05, 0.1) is 0 Å². The summed E-state index contributed by atoms with van der Waals surface area (Å²) in [7, 11) is 1.86. The molecule has 1 heterocycles. The van der Waals surface area contributed by atoms with Crippen molar-refractivity contribution in [2.24, 2.45) is 5.92 Å². The van der Waals surface area contributed by atoms with E-state index in [0.717, 1.165) is 17.9 Å². The molecule has 0 aromatic carbocycles. The molecule has 1 rings (SSSR count). The molecule has 0 spiro atoms. The fourth-order valence-electron chi connectivity index (χ4n) is 1.06. The van der Waals surface area contributed by atoms with Gasteiger partial charge in [-0.1, -0.05) is 13.8 Å². The lowest BCUT2D eigenvalue weighted by Gasteiger charge is -2.04. The number of nitrogens with zero attached hydrogens (tertiary/aromatic N) is 2. The highest BCUT2D eigenvalue weighted by molar-refractivity contribution is 5.33. The zero-order valence-electron chi connectivity index (χ0n) is 7.83. The van der Waals surface area contributed by atoms with Gasteiger partial charge >= 0.3 is 0 Å². The van der Waals surface area contributed by atoms with Crippen LogP contribution in [0.5, 0.6) is 0 Å². The molecular weight excluding hydrogens is 150 g/mol. The maximum absolute atomic E-state index is 4.18. The molecule has 0 bridgehead atoms. The van der Waals surface area contributed by atoms with Crippen LogP contribution in [-0.2, 0) is 6.42 Å². The standard InChI is InChI=1S/C9H15N3/c1-7(2)4-8-5-9(10-3)12-6-11-8/h5-7H,4H2,1-3H3,(H,10,11,12). The van der Waals surface area contributed by atoms with Gasteiger partial charge in [0.25, 0.3) is 0 Å². The van der Waals surface area contributed by atoms with Crippen LogP contribution in [0.25, 0.3) is 0 Å². The first-order valence-electron chi connectivity index (χ1n) is 4.21. The fourth-order valence-corrected chi connectivity index (χ4v) is 1.06. The zero-order valence-corrected chi connectivity index (χ0v) is 7.83. The smallest absolute Gasteiger partial charge is 0.129 e. The average Bonchev–Trinajstić information content (AvgIpc) is 2.03. The van der Waals surface area contributed by atoms with E-state index in [2.05, 4.69) is 29.1 Å². The van der Waals surface area contributed by atoms with Crippen molar-refractivity contribution >= 4 is 5.82 Å². The second-order valence-corrected chi connectivity index (χ2v) is 3.24. The van der Waals surface area contributed by atoms with E-state index in [1.165, 1.54) is 0 Å². The maximum atomic E-state index is 4.18. The minimum atomic E-state index is 0.643. The molecule has 0 aliphatic rings. The van der Waals surface area contributed by atoms with Crippen molar-refractivity contribution in [3.8, 4) is 0 Å². The van der Waals surface area contributed by atoms with Gasteiger partial charge in [0.15, 0.2) is 0 Å². The van der Waals surface area contributed by atoms with Crippen LogP contribution in [0.1, 0.15) is 19.5 Å². The van der Waals surface area contributed by atoms with E-state index in [-0.39, 0.29) is 0 Å². The molecule has 0 atom stereocenters. The Morgan fingerprint density at radius 3 is 2.75 bits per heavy atom. The number of aromatic nitrogens is 2. The van der Waals surface area contributed by atoms with Crippen molar-refractivity contribution in [3.05, 3.63) is 18.1 Å². The zero-order chi connectivity index (χ0) is 8.97. The van der Waals surface area contributed by atoms with E-state index in [1.54, 1.807) is 6.33 Å². The lowest BCUT2D eigenvalue weighted by atomic mass is 10.1. The minimum absolute atomic E-state index is 0.643. The summed E-state index contributed by atoms with van der Waals surface area (Å²) < 4.78 is 0. The van der Waals surface area contributed by atoms with Crippen LogP contribution in [0, 0.1) is 5.92 Å². The summed E-state index contributed by atoms with van der Waals surface area (Å²) >= 11 is 0. The monoisotopic (exact) mass is 165 g/mol. The van der Waals surface area contributed by atoms with E-state index < -0.39 is 0 Å². The summed E-state index contributed by atoms with van der Waals surface area (Å²) in [6, 6.07) is 1.99. The van der Waals surface area contributed by atoms with Crippen LogP contribution in [0.4, 0.5) is 5.82 Å². The molecule has 1 N–H and O–H groups in total. The first-order chi connectivity index (χ1) is 5.72. The lowest BCUT2D eigenvalue weighted by Crippen LogP contribution is -2.00. The highest BCUT2D eigenvalue weighted by atomic mass is 15.0. The molecule has 0 saturated carbocycles. The van der Waals surface area contributed by atoms with E-state index in [1.807, 2.05) is 13.1 Å². The molecule has 1 aromatic heterocycles. The van der Waals surface area contributed by atoms with Gasteiger partial charge in [-0.15, -0.1) is 0 Å². The van der Waals surface area contributed by atoms with Crippen molar-refractivity contribution in [1.82, 2.24) is 9.97 Å². The third-order valence-electron chi connectivity index (χ3n) is 1.60. The topological polar surface area (TPSA) is 37.8 Å². The Morgan fingerprint density at radius 2 is 2.17 bits per heavy atom. The van der Waals surface area contributed by atoms with Gasteiger partial charge in [-0.05, 0) is 12.3 Å². The van der Waals surface area contributed by atoms with Gasteiger partial charge in [-0.3, -0.25) is 0 Å². The second kappa shape index (κ2) is 4.04. The first kappa shape index (κ1) is 8.97. The summed E-state index contributed by atoms with van der Waals surface area (Å²) in [6.45, 7) is 4.36. The highest BCUT2D eigenvalue weighted by Crippen LogP contribution is 2.07. The number of hydrogen-bond donors (Lipinski definition) is 1. The number of hydrogen-bond acceptors (Lipinski definition) is 3. The third kappa shape index (κ3) is 2.49. The summed E-state index contributed by atoms with van der Waals surface area (Å²) in [4.78, 5) is 8.22. The molecule has 0 radical (unpaired) electrons. The predicted molar refractivity (Wildman–Crippen MR) is 50.1 cm³/mol. The van der Waals surface area contributed by atoms with Crippen molar-refractivity contribution in [2.75, 3.05) is 12.4 Å². The van der Waals surface area contributed by atoms with Crippen molar-refractivity contribution in [3.63, 3.8) is 0 Å². The molecule has 3 nitrogen and oxygen atoms in total. The summed E-state index contributed by atoms with van der Waals surface area (Å²) in [5.74, 6) is 1.53. The fraction of sp³-hybridized carbons (Fsp3) is 0.556. The van der Waals surface area contributed by atoms with E-state index >= 15 is 0 Å². The molecule has 1 aromatic rings. The molecule has 3 heteroatoms. The van der Waals surface area contributed by atoms with Gasteiger partial charge in [0.1, 0.15) is 12.1 Å². The van der Waals surface area contributed by atoms with Crippen LogP contribution in [0.3, 0.4) is 0 Å². The van der Waals surface area contributed by atoms with Gasteiger partial charge in [-0.2, -0.15) is 0 Å². The van der Waals surface area contributed by atoms with Gasteiger partial charge < -0.3 is 5.32 Å². The molecule has 12 heavy (non-hydrogen) atoms. The van der Waals surface area contributed by atoms with Crippen LogP contribution >= 0.6 is 0 Å². The molecule has 66 valence electrons. The van der Waals surface area contributed by atoms with Gasteiger partial charge in [0, 0.05) is 18.8 Å². The second-order valence-electron chi connectivity index (χ2n) is 3.24. The third-order valence-corrected chi connectivity index (χ3v) is 1.60. The largest absolute Gasteiger partial charge is 0.373 e. The molecule has 0 fully saturated rings. The summed E-state index contributed by atoms with van der Waals surface area (Å²) in [6.07, 6.45) is 2.61. The Labute approximate surface area is 73.2 Å². The summed E-state index contributed by atoms with van der Waals surface area (Å²) in [5.41, 5.74) is 1.10. The Kier molecular flexibility index (Phi) is 3.02. The maximum Gasteiger partial charge on any atom is 0.129 e. The average molecular weight is 165 g/mol. The Bertz CT molecular complexity index is 245. The van der Waals surface area contributed by atoms with E-state index in [4.69, 9.17) is 0 Å². The van der Waals surface area contributed by atoms with E-state index in [9.17, 15) is 0 Å². The molecule has 0 unspecified atom stereocenters.